The number of piperidine rings is 1. The second kappa shape index (κ2) is 6.60. The molecule has 1 atom stereocenters. The summed E-state index contributed by atoms with van der Waals surface area (Å²) in [5.41, 5.74) is 0.333. The van der Waals surface area contributed by atoms with Crippen LogP contribution in [0.2, 0.25) is 0 Å². The maximum atomic E-state index is 13.7. The molecular weight excluding hydrogens is 299 g/mol. The number of nitrogens with zero attached hydrogens (tertiary/aromatic N) is 3. The number of carboxylic acid groups (broad SMARTS) is 1. The lowest BCUT2D eigenvalue weighted by atomic mass is 9.98. The molecule has 1 aromatic carbocycles. The first-order valence-corrected chi connectivity index (χ1v) is 7.45. The van der Waals surface area contributed by atoms with Gasteiger partial charge in [0.2, 0.25) is 0 Å². The number of nitrogens with one attached hydrogen (secondary N) is 1. The highest BCUT2D eigenvalue weighted by molar-refractivity contribution is 5.71. The highest BCUT2D eigenvalue weighted by Gasteiger charge is 2.26. The second-order valence-corrected chi connectivity index (χ2v) is 5.49. The van der Waals surface area contributed by atoms with Crippen molar-refractivity contribution in [3.8, 4) is 0 Å². The Kier molecular flexibility index (Phi) is 4.36. The van der Waals surface area contributed by atoms with Crippen molar-refractivity contribution in [2.75, 3.05) is 23.3 Å². The molecule has 0 bridgehead atoms. The number of anilines is 3. The Balaban J connectivity index is 1.77. The topological polar surface area (TPSA) is 78.4 Å². The summed E-state index contributed by atoms with van der Waals surface area (Å²) >= 11 is 0. The first-order valence-electron chi connectivity index (χ1n) is 7.45. The molecule has 1 aliphatic rings. The fraction of sp³-hybridized carbons (Fsp3) is 0.312. The van der Waals surface area contributed by atoms with Gasteiger partial charge in [-0.3, -0.25) is 4.79 Å². The number of aliphatic carboxylic acids is 1. The van der Waals surface area contributed by atoms with E-state index in [1.54, 1.807) is 24.3 Å². The van der Waals surface area contributed by atoms with Crippen LogP contribution in [0.15, 0.2) is 36.7 Å². The highest BCUT2D eigenvalue weighted by Crippen LogP contribution is 2.24. The van der Waals surface area contributed by atoms with Crippen LogP contribution in [0, 0.1) is 11.7 Å². The third-order valence-corrected chi connectivity index (χ3v) is 3.88. The van der Waals surface area contributed by atoms with Gasteiger partial charge in [0.05, 0.1) is 11.6 Å². The summed E-state index contributed by atoms with van der Waals surface area (Å²) in [6.45, 7) is 1.17. The molecule has 0 saturated carbocycles. The van der Waals surface area contributed by atoms with Crippen LogP contribution in [-0.4, -0.2) is 34.1 Å². The van der Waals surface area contributed by atoms with E-state index in [1.165, 1.54) is 12.4 Å². The molecule has 0 unspecified atom stereocenters. The molecular formula is C16H17FN4O2. The highest BCUT2D eigenvalue weighted by atomic mass is 19.1. The molecule has 7 heteroatoms. The quantitative estimate of drug-likeness (QED) is 0.903. The van der Waals surface area contributed by atoms with E-state index in [-0.39, 0.29) is 11.7 Å². The van der Waals surface area contributed by atoms with E-state index in [1.807, 2.05) is 4.90 Å². The number of hydrogen-bond acceptors (Lipinski definition) is 5. The fourth-order valence-corrected chi connectivity index (χ4v) is 2.68. The van der Waals surface area contributed by atoms with Crippen molar-refractivity contribution < 1.29 is 14.3 Å². The molecule has 1 fully saturated rings. The maximum Gasteiger partial charge on any atom is 0.308 e. The molecule has 2 aromatic rings. The lowest BCUT2D eigenvalue weighted by Crippen LogP contribution is -2.39. The maximum absolute atomic E-state index is 13.7. The average Bonchev–Trinajstić information content (AvgIpc) is 2.57. The van der Waals surface area contributed by atoms with Crippen LogP contribution in [0.25, 0.3) is 0 Å². The van der Waals surface area contributed by atoms with E-state index in [2.05, 4.69) is 15.3 Å². The Morgan fingerprint density at radius 2 is 2.17 bits per heavy atom. The number of carboxylic acids is 1. The number of aromatic nitrogens is 2. The lowest BCUT2D eigenvalue weighted by molar-refractivity contribution is -0.141. The van der Waals surface area contributed by atoms with E-state index in [0.29, 0.717) is 30.3 Å². The summed E-state index contributed by atoms with van der Waals surface area (Å²) in [5.74, 6) is -0.422. The Morgan fingerprint density at radius 3 is 2.96 bits per heavy atom. The molecule has 0 aliphatic carbocycles. The molecule has 6 nitrogen and oxygen atoms in total. The SMILES string of the molecule is O=C(O)[C@H]1CCCN(c2cc(Nc3ccccc3F)ncn2)C1. The van der Waals surface area contributed by atoms with Gasteiger partial charge in [-0.25, -0.2) is 14.4 Å². The number of benzene rings is 1. The zero-order valence-corrected chi connectivity index (χ0v) is 12.4. The van der Waals surface area contributed by atoms with Crippen LogP contribution < -0.4 is 10.2 Å². The van der Waals surface area contributed by atoms with Crippen molar-refractivity contribution in [3.05, 3.63) is 42.5 Å². The largest absolute Gasteiger partial charge is 0.481 e. The number of halogens is 1. The molecule has 2 N–H and O–H groups in total. The Hall–Kier alpha value is -2.70. The van der Waals surface area contributed by atoms with Crippen LogP contribution in [0.5, 0.6) is 0 Å². The predicted molar refractivity (Wildman–Crippen MR) is 84.3 cm³/mol. The minimum absolute atomic E-state index is 0.333. The van der Waals surface area contributed by atoms with Crippen LogP contribution >= 0.6 is 0 Å². The lowest BCUT2D eigenvalue weighted by Gasteiger charge is -2.31. The van der Waals surface area contributed by atoms with Gasteiger partial charge >= 0.3 is 5.97 Å². The Bertz CT molecular complexity index is 710. The molecule has 23 heavy (non-hydrogen) atoms. The molecule has 2 heterocycles. The number of rotatable bonds is 4. The number of hydrogen-bond donors (Lipinski definition) is 2. The molecule has 1 saturated heterocycles. The van der Waals surface area contributed by atoms with E-state index in [4.69, 9.17) is 5.11 Å². The number of para-hydroxylation sites is 1. The molecule has 0 spiro atoms. The van der Waals surface area contributed by atoms with Crippen LogP contribution in [0.3, 0.4) is 0 Å². The molecule has 0 amide bonds. The standard InChI is InChI=1S/C16H17FN4O2/c17-12-5-1-2-6-13(12)20-14-8-15(19-10-18-14)21-7-3-4-11(9-21)16(22)23/h1-2,5-6,8,10-11H,3-4,7,9H2,(H,22,23)(H,18,19,20)/t11-/m0/s1. The second-order valence-electron chi connectivity index (χ2n) is 5.49. The summed E-state index contributed by atoms with van der Waals surface area (Å²) in [6, 6.07) is 8.04. The normalized spacial score (nSPS) is 17.8. The minimum Gasteiger partial charge on any atom is -0.481 e. The summed E-state index contributed by atoms with van der Waals surface area (Å²) in [5, 5.41) is 12.1. The Labute approximate surface area is 133 Å². The van der Waals surface area contributed by atoms with Crippen molar-refractivity contribution in [2.24, 2.45) is 5.92 Å². The van der Waals surface area contributed by atoms with Gasteiger partial charge in [-0.15, -0.1) is 0 Å². The van der Waals surface area contributed by atoms with Crippen molar-refractivity contribution in [2.45, 2.75) is 12.8 Å². The van der Waals surface area contributed by atoms with E-state index >= 15 is 0 Å². The van der Waals surface area contributed by atoms with Gasteiger partial charge in [-0.05, 0) is 25.0 Å². The molecule has 3 rings (SSSR count). The summed E-state index contributed by atoms with van der Waals surface area (Å²) in [7, 11) is 0. The predicted octanol–water partition coefficient (Wildman–Crippen LogP) is 2.66. The van der Waals surface area contributed by atoms with E-state index < -0.39 is 5.97 Å². The molecule has 120 valence electrons. The zero-order valence-electron chi connectivity index (χ0n) is 12.4. The van der Waals surface area contributed by atoms with Crippen molar-refractivity contribution in [3.63, 3.8) is 0 Å². The first kappa shape index (κ1) is 15.2. The van der Waals surface area contributed by atoms with Gasteiger partial charge in [-0.2, -0.15) is 0 Å². The molecule has 1 aliphatic heterocycles. The van der Waals surface area contributed by atoms with Gasteiger partial charge in [0.1, 0.15) is 23.8 Å². The summed E-state index contributed by atoms with van der Waals surface area (Å²) < 4.78 is 13.7. The monoisotopic (exact) mass is 316 g/mol. The fourth-order valence-electron chi connectivity index (χ4n) is 2.68. The van der Waals surface area contributed by atoms with Gasteiger partial charge < -0.3 is 15.3 Å². The summed E-state index contributed by atoms with van der Waals surface area (Å²) in [4.78, 5) is 21.4. The van der Waals surface area contributed by atoms with Gasteiger partial charge in [0.25, 0.3) is 0 Å². The van der Waals surface area contributed by atoms with Gasteiger partial charge in [0.15, 0.2) is 0 Å². The number of carbonyl (C=O) groups is 1. The third-order valence-electron chi connectivity index (χ3n) is 3.88. The summed E-state index contributed by atoms with van der Waals surface area (Å²) in [6.07, 6.45) is 2.87. The third kappa shape index (κ3) is 3.56. The van der Waals surface area contributed by atoms with Crippen LogP contribution in [0.4, 0.5) is 21.7 Å². The van der Waals surface area contributed by atoms with Crippen molar-refractivity contribution in [1.82, 2.24) is 9.97 Å². The van der Waals surface area contributed by atoms with Gasteiger partial charge in [0, 0.05) is 19.2 Å². The van der Waals surface area contributed by atoms with Crippen LogP contribution in [-0.2, 0) is 4.79 Å². The van der Waals surface area contributed by atoms with E-state index in [0.717, 1.165) is 13.0 Å². The van der Waals surface area contributed by atoms with Crippen molar-refractivity contribution in [1.29, 1.82) is 0 Å². The van der Waals surface area contributed by atoms with Crippen LogP contribution in [0.1, 0.15) is 12.8 Å². The smallest absolute Gasteiger partial charge is 0.308 e. The van der Waals surface area contributed by atoms with Crippen molar-refractivity contribution >= 4 is 23.3 Å². The Morgan fingerprint density at radius 1 is 1.35 bits per heavy atom. The van der Waals surface area contributed by atoms with Gasteiger partial charge in [-0.1, -0.05) is 12.1 Å². The van der Waals surface area contributed by atoms with E-state index in [9.17, 15) is 9.18 Å². The average molecular weight is 316 g/mol. The first-order chi connectivity index (χ1) is 11.1. The minimum atomic E-state index is -0.784. The molecule has 1 aromatic heterocycles. The molecule has 0 radical (unpaired) electrons. The zero-order chi connectivity index (χ0) is 16.2.